The molecule has 0 saturated carbocycles. The van der Waals surface area contributed by atoms with Gasteiger partial charge in [-0.05, 0) is 45.7 Å². The predicted octanol–water partition coefficient (Wildman–Crippen LogP) is 3.40. The van der Waals surface area contributed by atoms with Gasteiger partial charge in [-0.3, -0.25) is 0 Å². The highest BCUT2D eigenvalue weighted by molar-refractivity contribution is 6.70. The summed E-state index contributed by atoms with van der Waals surface area (Å²) >= 11 is 0. The molecule has 0 amide bonds. The van der Waals surface area contributed by atoms with Gasteiger partial charge in [0.1, 0.15) is 6.10 Å². The third-order valence-electron chi connectivity index (χ3n) is 3.28. The van der Waals surface area contributed by atoms with E-state index in [9.17, 15) is 4.79 Å². The largest absolute Gasteiger partial charge is 0.460 e. The van der Waals surface area contributed by atoms with Crippen molar-refractivity contribution in [2.24, 2.45) is 5.92 Å². The Kier molecular flexibility index (Phi) is 5.63. The molecule has 1 aliphatic rings. The molecule has 1 rings (SSSR count). The van der Waals surface area contributed by atoms with Gasteiger partial charge in [-0.1, -0.05) is 13.8 Å². The van der Waals surface area contributed by atoms with Crippen molar-refractivity contribution in [2.45, 2.75) is 77.9 Å². The monoisotopic (exact) mass is 318 g/mol. The molecule has 4 nitrogen and oxygen atoms in total. The molecule has 1 heterocycles. The Morgan fingerprint density at radius 1 is 1.05 bits per heavy atom. The zero-order chi connectivity index (χ0) is 15.7. The van der Waals surface area contributed by atoms with E-state index in [1.807, 2.05) is 6.92 Å². The normalized spacial score (nSPS) is 32.1. The lowest BCUT2D eigenvalue weighted by atomic mass is 9.90. The molecule has 118 valence electrons. The fourth-order valence-electron chi connectivity index (χ4n) is 2.47. The van der Waals surface area contributed by atoms with Gasteiger partial charge in [0, 0.05) is 5.92 Å². The van der Waals surface area contributed by atoms with E-state index in [0.717, 1.165) is 6.42 Å². The third-order valence-corrected chi connectivity index (χ3v) is 5.22. The molecule has 4 unspecified atom stereocenters. The highest BCUT2D eigenvalue weighted by Crippen LogP contribution is 2.32. The average molecular weight is 319 g/mol. The highest BCUT2D eigenvalue weighted by atomic mass is 28.4. The molecule has 0 aromatic heterocycles. The van der Waals surface area contributed by atoms with E-state index in [1.54, 1.807) is 0 Å². The lowest BCUT2D eigenvalue weighted by molar-refractivity contribution is -0.185. The second-order valence-corrected chi connectivity index (χ2v) is 16.5. The SMILES string of the molecule is CCC1OC(=O)C(O[Si](C)(C)C)C(O[Si](C)(C)C)C1C. The van der Waals surface area contributed by atoms with Gasteiger partial charge in [0.2, 0.25) is 0 Å². The molecular weight excluding hydrogens is 288 g/mol. The van der Waals surface area contributed by atoms with E-state index in [4.69, 9.17) is 13.6 Å². The van der Waals surface area contributed by atoms with Crippen molar-refractivity contribution in [1.29, 1.82) is 0 Å². The summed E-state index contributed by atoms with van der Waals surface area (Å²) in [6.45, 7) is 16.8. The molecule has 1 aliphatic heterocycles. The molecule has 0 bridgehead atoms. The van der Waals surface area contributed by atoms with Crippen LogP contribution in [0.5, 0.6) is 0 Å². The number of ether oxygens (including phenoxy) is 1. The summed E-state index contributed by atoms with van der Waals surface area (Å²) in [5.74, 6) is -0.0774. The fraction of sp³-hybridized carbons (Fsp3) is 0.929. The Balaban J connectivity index is 3.00. The van der Waals surface area contributed by atoms with E-state index in [1.165, 1.54) is 0 Å². The van der Waals surface area contributed by atoms with Crippen LogP contribution in [0, 0.1) is 5.92 Å². The van der Waals surface area contributed by atoms with Crippen molar-refractivity contribution in [2.75, 3.05) is 0 Å². The van der Waals surface area contributed by atoms with E-state index < -0.39 is 22.7 Å². The molecule has 0 aliphatic carbocycles. The van der Waals surface area contributed by atoms with Crippen LogP contribution in [0.1, 0.15) is 20.3 Å². The smallest absolute Gasteiger partial charge is 0.337 e. The van der Waals surface area contributed by atoms with Crippen molar-refractivity contribution in [3.05, 3.63) is 0 Å². The molecule has 0 spiro atoms. The van der Waals surface area contributed by atoms with Crippen LogP contribution in [-0.4, -0.2) is 40.9 Å². The van der Waals surface area contributed by atoms with Gasteiger partial charge in [-0.25, -0.2) is 4.79 Å². The van der Waals surface area contributed by atoms with Crippen molar-refractivity contribution in [1.82, 2.24) is 0 Å². The van der Waals surface area contributed by atoms with Crippen molar-refractivity contribution in [3.8, 4) is 0 Å². The van der Waals surface area contributed by atoms with Gasteiger partial charge in [0.25, 0.3) is 0 Å². The maximum Gasteiger partial charge on any atom is 0.337 e. The van der Waals surface area contributed by atoms with E-state index in [-0.39, 0.29) is 24.1 Å². The minimum Gasteiger partial charge on any atom is -0.460 e. The van der Waals surface area contributed by atoms with Crippen LogP contribution in [0.2, 0.25) is 39.3 Å². The quantitative estimate of drug-likeness (QED) is 0.576. The molecule has 4 atom stereocenters. The Morgan fingerprint density at radius 3 is 1.95 bits per heavy atom. The summed E-state index contributed by atoms with van der Waals surface area (Å²) < 4.78 is 17.9. The van der Waals surface area contributed by atoms with Crippen molar-refractivity contribution >= 4 is 22.6 Å². The van der Waals surface area contributed by atoms with E-state index in [0.29, 0.717) is 0 Å². The Bertz CT molecular complexity index is 346. The van der Waals surface area contributed by atoms with Crippen LogP contribution in [0.25, 0.3) is 0 Å². The summed E-state index contributed by atoms with van der Waals surface area (Å²) in [5.41, 5.74) is 0. The number of cyclic esters (lactones) is 1. The fourth-order valence-corrected chi connectivity index (χ4v) is 4.62. The topological polar surface area (TPSA) is 44.8 Å². The van der Waals surface area contributed by atoms with Crippen LogP contribution >= 0.6 is 0 Å². The average Bonchev–Trinajstić information content (AvgIpc) is 2.25. The van der Waals surface area contributed by atoms with Gasteiger partial charge >= 0.3 is 5.97 Å². The third kappa shape index (κ3) is 4.98. The minimum atomic E-state index is -1.83. The number of esters is 1. The first-order chi connectivity index (χ1) is 8.94. The van der Waals surface area contributed by atoms with Crippen molar-refractivity contribution in [3.63, 3.8) is 0 Å². The first-order valence-electron chi connectivity index (χ1n) is 7.50. The van der Waals surface area contributed by atoms with Gasteiger partial charge < -0.3 is 13.6 Å². The minimum absolute atomic E-state index is 0.0645. The van der Waals surface area contributed by atoms with Gasteiger partial charge in [0.15, 0.2) is 22.7 Å². The first kappa shape index (κ1) is 17.9. The standard InChI is InChI=1S/C14H30O4Si2/c1-9-11-10(2)12(17-19(3,4)5)13(14(15)16-11)18-20(6,7)8/h10-13H,9H2,1-8H3. The molecule has 1 fully saturated rings. The molecule has 0 aromatic rings. The van der Waals surface area contributed by atoms with Crippen LogP contribution in [0.4, 0.5) is 0 Å². The van der Waals surface area contributed by atoms with Gasteiger partial charge in [-0.15, -0.1) is 0 Å². The number of carbonyl (C=O) groups is 1. The summed E-state index contributed by atoms with van der Waals surface area (Å²) in [4.78, 5) is 12.3. The Morgan fingerprint density at radius 2 is 1.55 bits per heavy atom. The summed E-state index contributed by atoms with van der Waals surface area (Å²) in [6, 6.07) is 0. The first-order valence-corrected chi connectivity index (χ1v) is 14.3. The maximum absolute atomic E-state index is 12.3. The molecule has 0 radical (unpaired) electrons. The molecule has 0 N–H and O–H groups in total. The maximum atomic E-state index is 12.3. The van der Waals surface area contributed by atoms with Crippen molar-refractivity contribution < 1.29 is 18.4 Å². The molecule has 1 saturated heterocycles. The lowest BCUT2D eigenvalue weighted by Gasteiger charge is -2.44. The van der Waals surface area contributed by atoms with Crippen LogP contribution < -0.4 is 0 Å². The van der Waals surface area contributed by atoms with E-state index in [2.05, 4.69) is 46.2 Å². The van der Waals surface area contributed by atoms with Crippen LogP contribution in [0.3, 0.4) is 0 Å². The van der Waals surface area contributed by atoms with Gasteiger partial charge in [0.05, 0.1) is 6.10 Å². The van der Waals surface area contributed by atoms with E-state index >= 15 is 0 Å². The summed E-state index contributed by atoms with van der Waals surface area (Å²) in [6.07, 6.45) is 0.00844. The molecule has 20 heavy (non-hydrogen) atoms. The number of hydrogen-bond acceptors (Lipinski definition) is 4. The predicted molar refractivity (Wildman–Crippen MR) is 85.8 cm³/mol. The highest BCUT2D eigenvalue weighted by Gasteiger charge is 2.47. The second kappa shape index (κ2) is 6.29. The van der Waals surface area contributed by atoms with Gasteiger partial charge in [-0.2, -0.15) is 0 Å². The van der Waals surface area contributed by atoms with Crippen LogP contribution in [0.15, 0.2) is 0 Å². The Hall–Kier alpha value is -0.176. The second-order valence-electron chi connectivity index (χ2n) is 7.59. The number of carbonyl (C=O) groups excluding carboxylic acids is 1. The Labute approximate surface area is 125 Å². The number of rotatable bonds is 5. The summed E-state index contributed by atoms with van der Waals surface area (Å²) in [7, 11) is -3.58. The molecular formula is C14H30O4Si2. The van der Waals surface area contributed by atoms with Crippen LogP contribution in [-0.2, 0) is 18.4 Å². The lowest BCUT2D eigenvalue weighted by Crippen LogP contribution is -2.58. The summed E-state index contributed by atoms with van der Waals surface area (Å²) in [5, 5.41) is 0. The zero-order valence-electron chi connectivity index (χ0n) is 14.1. The number of hydrogen-bond donors (Lipinski definition) is 0. The molecule has 0 aromatic carbocycles. The molecule has 6 heteroatoms. The zero-order valence-corrected chi connectivity index (χ0v) is 16.1.